The molecule has 3 aromatic rings. The minimum Gasteiger partial charge on any atom is -0.490 e. The van der Waals surface area contributed by atoms with Crippen molar-refractivity contribution >= 4 is 46.3 Å². The van der Waals surface area contributed by atoms with Gasteiger partial charge >= 0.3 is 0 Å². The molecule has 0 aliphatic carbocycles. The van der Waals surface area contributed by atoms with Crippen LogP contribution in [0.2, 0.25) is 0 Å². The maximum absolute atomic E-state index is 13.0. The van der Waals surface area contributed by atoms with Crippen molar-refractivity contribution in [2.24, 2.45) is 0 Å². The van der Waals surface area contributed by atoms with E-state index >= 15 is 0 Å². The van der Waals surface area contributed by atoms with Gasteiger partial charge in [0.25, 0.3) is 11.1 Å². The van der Waals surface area contributed by atoms with Crippen LogP contribution in [0.1, 0.15) is 5.56 Å². The summed E-state index contributed by atoms with van der Waals surface area (Å²) in [5.41, 5.74) is 2.29. The van der Waals surface area contributed by atoms with Crippen LogP contribution >= 0.6 is 11.8 Å². The van der Waals surface area contributed by atoms with Gasteiger partial charge < -0.3 is 24.4 Å². The van der Waals surface area contributed by atoms with Crippen LogP contribution in [0.25, 0.3) is 6.08 Å². The first kappa shape index (κ1) is 27.3. The molecule has 2 aliphatic heterocycles. The number of ether oxygens (including phenoxy) is 3. The highest BCUT2D eigenvalue weighted by molar-refractivity contribution is 8.18. The van der Waals surface area contributed by atoms with Crippen LogP contribution in [0.4, 0.5) is 16.2 Å². The summed E-state index contributed by atoms with van der Waals surface area (Å²) < 4.78 is 16.9. The number of hydrogen-bond donors (Lipinski definition) is 1. The Labute approximate surface area is 236 Å². The van der Waals surface area contributed by atoms with E-state index < -0.39 is 17.1 Å². The molecule has 3 aromatic carbocycles. The summed E-state index contributed by atoms with van der Waals surface area (Å²) in [5.74, 6) is 0.339. The van der Waals surface area contributed by atoms with E-state index in [-0.39, 0.29) is 11.4 Å². The molecular formula is C30H29N3O6S. The molecule has 0 aromatic heterocycles. The number of carbonyl (C=O) groups excluding carboxylic acids is 3. The fraction of sp³-hybridized carbons (Fsp3) is 0.233. The summed E-state index contributed by atoms with van der Waals surface area (Å²) in [5, 5.41) is 2.27. The number of morpholine rings is 1. The number of hydrogen-bond acceptors (Lipinski definition) is 8. The number of thioether (sulfide) groups is 1. The second-order valence-corrected chi connectivity index (χ2v) is 10.0. The van der Waals surface area contributed by atoms with Gasteiger partial charge in [-0.25, -0.2) is 0 Å². The summed E-state index contributed by atoms with van der Waals surface area (Å²) in [4.78, 5) is 41.7. The van der Waals surface area contributed by atoms with Crippen LogP contribution < -0.4 is 19.7 Å². The van der Waals surface area contributed by atoms with Crippen LogP contribution in [0.3, 0.4) is 0 Å². The van der Waals surface area contributed by atoms with Gasteiger partial charge in [-0.05, 0) is 60.3 Å². The van der Waals surface area contributed by atoms with E-state index in [0.29, 0.717) is 43.4 Å². The minimum atomic E-state index is -0.518. The van der Waals surface area contributed by atoms with Gasteiger partial charge in [0.1, 0.15) is 31.3 Å². The third-order valence-corrected chi connectivity index (χ3v) is 7.17. The second kappa shape index (κ2) is 13.2. The number of benzene rings is 3. The van der Waals surface area contributed by atoms with Crippen molar-refractivity contribution in [3.8, 4) is 11.5 Å². The molecule has 0 saturated carbocycles. The maximum Gasteiger partial charge on any atom is 0.294 e. The maximum atomic E-state index is 13.0. The number of nitrogens with one attached hydrogen (secondary N) is 1. The molecule has 0 atom stereocenters. The number of nitrogens with zero attached hydrogens (tertiary/aromatic N) is 2. The molecule has 2 fully saturated rings. The number of rotatable bonds is 10. The van der Waals surface area contributed by atoms with Gasteiger partial charge in [0.05, 0.1) is 18.1 Å². The Morgan fingerprint density at radius 3 is 2.38 bits per heavy atom. The van der Waals surface area contributed by atoms with Gasteiger partial charge in [-0.2, -0.15) is 0 Å². The molecule has 0 spiro atoms. The molecule has 3 amide bonds. The normalized spacial score (nSPS) is 16.4. The predicted molar refractivity (Wildman–Crippen MR) is 155 cm³/mol. The number of carbonyl (C=O) groups is 3. The van der Waals surface area contributed by atoms with E-state index in [1.165, 1.54) is 0 Å². The van der Waals surface area contributed by atoms with Gasteiger partial charge in [-0.15, -0.1) is 0 Å². The van der Waals surface area contributed by atoms with Crippen LogP contribution in [-0.4, -0.2) is 68.0 Å². The van der Waals surface area contributed by atoms with Crippen molar-refractivity contribution in [3.05, 3.63) is 89.3 Å². The monoisotopic (exact) mass is 559 g/mol. The van der Waals surface area contributed by atoms with Gasteiger partial charge in [-0.3, -0.25) is 19.3 Å². The summed E-state index contributed by atoms with van der Waals surface area (Å²) in [7, 11) is 0. The second-order valence-electron chi connectivity index (χ2n) is 9.01. The first-order valence-corrected chi connectivity index (χ1v) is 13.8. The average Bonchev–Trinajstić information content (AvgIpc) is 3.24. The Hall–Kier alpha value is -4.28. The van der Waals surface area contributed by atoms with Crippen LogP contribution in [-0.2, 0) is 14.3 Å². The molecule has 2 saturated heterocycles. The number of imide groups is 1. The summed E-state index contributed by atoms with van der Waals surface area (Å²) in [6.07, 6.45) is 1.61. The van der Waals surface area contributed by atoms with Gasteiger partial charge in [0.2, 0.25) is 5.91 Å². The molecule has 1 N–H and O–H groups in total. The quantitative estimate of drug-likeness (QED) is 0.283. The molecule has 10 heteroatoms. The molecule has 5 rings (SSSR count). The molecule has 0 bridgehead atoms. The lowest BCUT2D eigenvalue weighted by molar-refractivity contribution is -0.127. The molecular weight excluding hydrogens is 530 g/mol. The SMILES string of the molecule is O=C(CN1C(=O)S/C(=C/c2ccccc2OCCOc2ccccc2)C1=O)Nc1ccc(N2CCOCC2)cc1. The first-order chi connectivity index (χ1) is 19.6. The lowest BCUT2D eigenvalue weighted by atomic mass is 10.2. The van der Waals surface area contributed by atoms with E-state index in [2.05, 4.69) is 10.2 Å². The molecule has 206 valence electrons. The average molecular weight is 560 g/mol. The summed E-state index contributed by atoms with van der Waals surface area (Å²) in [6.45, 7) is 3.28. The van der Waals surface area contributed by atoms with E-state index in [9.17, 15) is 14.4 Å². The third kappa shape index (κ3) is 7.02. The fourth-order valence-corrected chi connectivity index (χ4v) is 5.09. The van der Waals surface area contributed by atoms with Crippen molar-refractivity contribution in [1.82, 2.24) is 4.90 Å². The molecule has 9 nitrogen and oxygen atoms in total. The van der Waals surface area contributed by atoms with E-state index in [1.54, 1.807) is 30.3 Å². The minimum absolute atomic E-state index is 0.226. The topological polar surface area (TPSA) is 97.4 Å². The zero-order valence-electron chi connectivity index (χ0n) is 21.8. The highest BCUT2D eigenvalue weighted by Crippen LogP contribution is 2.34. The molecule has 40 heavy (non-hydrogen) atoms. The standard InChI is InChI=1S/C30H29N3O6S/c34-28(31-23-10-12-24(13-11-23)32-14-16-37-17-15-32)21-33-29(35)27(40-30(33)36)20-22-6-4-5-9-26(22)39-19-18-38-25-7-2-1-3-8-25/h1-13,20H,14-19,21H2,(H,31,34)/b27-20+. The van der Waals surface area contributed by atoms with Crippen molar-refractivity contribution in [2.75, 3.05) is 56.3 Å². The number of para-hydroxylation sites is 2. The molecule has 0 radical (unpaired) electrons. The van der Waals surface area contributed by atoms with Crippen molar-refractivity contribution < 1.29 is 28.6 Å². The van der Waals surface area contributed by atoms with Gasteiger partial charge in [0, 0.05) is 30.0 Å². The first-order valence-electron chi connectivity index (χ1n) is 12.9. The summed E-state index contributed by atoms with van der Waals surface area (Å²) in [6, 6.07) is 24.1. The zero-order chi connectivity index (χ0) is 27.7. The number of amides is 3. The Kier molecular flexibility index (Phi) is 9.00. The molecule has 2 heterocycles. The van der Waals surface area contributed by atoms with Crippen molar-refractivity contribution in [3.63, 3.8) is 0 Å². The molecule has 0 unspecified atom stereocenters. The zero-order valence-corrected chi connectivity index (χ0v) is 22.6. The highest BCUT2D eigenvalue weighted by atomic mass is 32.2. The smallest absolute Gasteiger partial charge is 0.294 e. The fourth-order valence-electron chi connectivity index (χ4n) is 4.26. The highest BCUT2D eigenvalue weighted by Gasteiger charge is 2.36. The molecule has 2 aliphatic rings. The Bertz CT molecular complexity index is 1370. The number of anilines is 2. The summed E-state index contributed by atoms with van der Waals surface area (Å²) >= 11 is 0.800. The lowest BCUT2D eigenvalue weighted by Crippen LogP contribution is -2.36. The Balaban J connectivity index is 1.16. The van der Waals surface area contributed by atoms with E-state index in [0.717, 1.165) is 41.2 Å². The van der Waals surface area contributed by atoms with Crippen LogP contribution in [0, 0.1) is 0 Å². The predicted octanol–water partition coefficient (Wildman–Crippen LogP) is 4.66. The van der Waals surface area contributed by atoms with Gasteiger partial charge in [0.15, 0.2) is 0 Å². The lowest BCUT2D eigenvalue weighted by Gasteiger charge is -2.28. The van der Waals surface area contributed by atoms with E-state index in [4.69, 9.17) is 14.2 Å². The van der Waals surface area contributed by atoms with Crippen LogP contribution in [0.15, 0.2) is 83.8 Å². The van der Waals surface area contributed by atoms with Crippen LogP contribution in [0.5, 0.6) is 11.5 Å². The third-order valence-electron chi connectivity index (χ3n) is 6.26. The Morgan fingerprint density at radius 1 is 0.900 bits per heavy atom. The van der Waals surface area contributed by atoms with Crippen molar-refractivity contribution in [1.29, 1.82) is 0 Å². The Morgan fingerprint density at radius 2 is 1.60 bits per heavy atom. The van der Waals surface area contributed by atoms with Gasteiger partial charge in [-0.1, -0.05) is 36.4 Å². The van der Waals surface area contributed by atoms with E-state index in [1.807, 2.05) is 54.6 Å². The largest absolute Gasteiger partial charge is 0.490 e. The van der Waals surface area contributed by atoms with Crippen molar-refractivity contribution in [2.45, 2.75) is 0 Å².